The van der Waals surface area contributed by atoms with Crippen LogP contribution in [0.1, 0.15) is 6.42 Å². The lowest BCUT2D eigenvalue weighted by Crippen LogP contribution is -2.51. The summed E-state index contributed by atoms with van der Waals surface area (Å²) in [6.45, 7) is 2.60. The van der Waals surface area contributed by atoms with E-state index in [0.717, 1.165) is 13.1 Å². The Morgan fingerprint density at radius 1 is 1.40 bits per heavy atom. The first kappa shape index (κ1) is 15.0. The van der Waals surface area contributed by atoms with Gasteiger partial charge in [-0.05, 0) is 7.05 Å². The van der Waals surface area contributed by atoms with Gasteiger partial charge in [-0.2, -0.15) is 0 Å². The van der Waals surface area contributed by atoms with Crippen molar-refractivity contribution in [1.29, 1.82) is 0 Å². The molecule has 0 aromatic rings. The van der Waals surface area contributed by atoms with E-state index in [1.807, 2.05) is 7.05 Å². The van der Waals surface area contributed by atoms with Crippen molar-refractivity contribution in [3.8, 4) is 0 Å². The Kier molecular flexibility index (Phi) is 4.79. The van der Waals surface area contributed by atoms with Gasteiger partial charge >= 0.3 is 12.0 Å². The minimum absolute atomic E-state index is 0.0498. The number of carbonyl (C=O) groups excluding carboxylic acids is 1. The van der Waals surface area contributed by atoms with E-state index in [4.69, 9.17) is 9.84 Å². The average Bonchev–Trinajstić information content (AvgIpc) is 2.78. The summed E-state index contributed by atoms with van der Waals surface area (Å²) in [7, 11) is 1.98. The number of likely N-dealkylation sites (N-methyl/N-ethyl adjacent to an activating group) is 1. The number of amides is 2. The van der Waals surface area contributed by atoms with Gasteiger partial charge < -0.3 is 30.1 Å². The third kappa shape index (κ3) is 3.59. The standard InChI is InChI=1S/C12H21N3O5/c1-14-2-3-20-9(7-14)5-13-12(19)15-6-8(16)4-10(15)11(17)18/h8-10,16H,2-7H2,1H3,(H,13,19)(H,17,18)/t8-,9?,10-/m0/s1. The quantitative estimate of drug-likeness (QED) is 0.587. The molecule has 0 aromatic heterocycles. The van der Waals surface area contributed by atoms with Gasteiger partial charge in [0.15, 0.2) is 0 Å². The molecule has 3 atom stereocenters. The minimum atomic E-state index is -1.09. The van der Waals surface area contributed by atoms with Crippen LogP contribution < -0.4 is 5.32 Å². The summed E-state index contributed by atoms with van der Waals surface area (Å²) in [5, 5.41) is 21.2. The normalized spacial score (nSPS) is 31.3. The molecule has 0 spiro atoms. The number of ether oxygens (including phenoxy) is 1. The number of carboxylic acid groups (broad SMARTS) is 1. The molecule has 2 aliphatic rings. The molecule has 3 N–H and O–H groups in total. The molecule has 20 heavy (non-hydrogen) atoms. The number of rotatable bonds is 3. The highest BCUT2D eigenvalue weighted by molar-refractivity contribution is 5.83. The van der Waals surface area contributed by atoms with Crippen molar-refractivity contribution in [3.63, 3.8) is 0 Å². The summed E-state index contributed by atoms with van der Waals surface area (Å²) < 4.78 is 5.52. The van der Waals surface area contributed by atoms with Gasteiger partial charge in [-0.25, -0.2) is 9.59 Å². The fraction of sp³-hybridized carbons (Fsp3) is 0.833. The maximum atomic E-state index is 12.0. The Bertz CT molecular complexity index is 378. The first-order valence-corrected chi connectivity index (χ1v) is 6.73. The summed E-state index contributed by atoms with van der Waals surface area (Å²) in [6.07, 6.45) is -0.793. The molecule has 2 rings (SSSR count). The zero-order valence-electron chi connectivity index (χ0n) is 11.5. The van der Waals surface area contributed by atoms with Crippen LogP contribution >= 0.6 is 0 Å². The Morgan fingerprint density at radius 2 is 2.15 bits per heavy atom. The van der Waals surface area contributed by atoms with Crippen LogP contribution in [0.3, 0.4) is 0 Å². The molecule has 2 saturated heterocycles. The Morgan fingerprint density at radius 3 is 2.80 bits per heavy atom. The van der Waals surface area contributed by atoms with E-state index in [2.05, 4.69) is 10.2 Å². The fourth-order valence-corrected chi connectivity index (χ4v) is 2.57. The zero-order valence-corrected chi connectivity index (χ0v) is 11.5. The Labute approximate surface area is 117 Å². The molecule has 8 heteroatoms. The SMILES string of the molecule is CN1CCOC(CNC(=O)N2C[C@@H](O)C[C@H]2C(=O)O)C1. The van der Waals surface area contributed by atoms with Crippen LogP contribution in [-0.4, -0.2) is 90.1 Å². The summed E-state index contributed by atoms with van der Waals surface area (Å²) >= 11 is 0. The van der Waals surface area contributed by atoms with Crippen molar-refractivity contribution in [2.45, 2.75) is 24.7 Å². The largest absolute Gasteiger partial charge is 0.480 e. The number of aliphatic hydroxyl groups excluding tert-OH is 1. The van der Waals surface area contributed by atoms with E-state index in [1.54, 1.807) is 0 Å². The highest BCUT2D eigenvalue weighted by atomic mass is 16.5. The zero-order chi connectivity index (χ0) is 14.7. The molecular weight excluding hydrogens is 266 g/mol. The minimum Gasteiger partial charge on any atom is -0.480 e. The molecule has 2 fully saturated rings. The number of likely N-dealkylation sites (tertiary alicyclic amines) is 1. The molecular formula is C12H21N3O5. The van der Waals surface area contributed by atoms with Crippen molar-refractivity contribution in [2.75, 3.05) is 39.8 Å². The number of hydrogen-bond donors (Lipinski definition) is 3. The number of β-amino-alcohol motifs (C(OH)–C–C–N with tert-alkyl or cyclic N) is 1. The van der Waals surface area contributed by atoms with Gasteiger partial charge in [0.2, 0.25) is 0 Å². The van der Waals surface area contributed by atoms with Gasteiger partial charge in [-0.15, -0.1) is 0 Å². The van der Waals surface area contributed by atoms with E-state index >= 15 is 0 Å². The average molecular weight is 287 g/mol. The maximum Gasteiger partial charge on any atom is 0.326 e. The van der Waals surface area contributed by atoms with E-state index < -0.39 is 24.1 Å². The summed E-state index contributed by atoms with van der Waals surface area (Å²) in [6, 6.07) is -1.43. The van der Waals surface area contributed by atoms with Gasteiger partial charge in [0.1, 0.15) is 6.04 Å². The second kappa shape index (κ2) is 6.38. The van der Waals surface area contributed by atoms with Crippen molar-refractivity contribution >= 4 is 12.0 Å². The molecule has 2 heterocycles. The van der Waals surface area contributed by atoms with Crippen molar-refractivity contribution in [3.05, 3.63) is 0 Å². The van der Waals surface area contributed by atoms with Crippen LogP contribution in [0.25, 0.3) is 0 Å². The van der Waals surface area contributed by atoms with E-state index in [0.29, 0.717) is 13.2 Å². The maximum absolute atomic E-state index is 12.0. The van der Waals surface area contributed by atoms with Gasteiger partial charge in [0.05, 0.1) is 18.8 Å². The number of nitrogens with one attached hydrogen (secondary N) is 1. The topological polar surface area (TPSA) is 102 Å². The second-order valence-electron chi connectivity index (χ2n) is 5.34. The Hall–Kier alpha value is -1.38. The molecule has 0 aliphatic carbocycles. The van der Waals surface area contributed by atoms with E-state index in [1.165, 1.54) is 4.90 Å². The van der Waals surface area contributed by atoms with Crippen LogP contribution in [-0.2, 0) is 9.53 Å². The number of aliphatic hydroxyl groups is 1. The summed E-state index contributed by atoms with van der Waals surface area (Å²) in [5.41, 5.74) is 0. The van der Waals surface area contributed by atoms with Crippen molar-refractivity contribution in [2.24, 2.45) is 0 Å². The highest BCUT2D eigenvalue weighted by Gasteiger charge is 2.39. The second-order valence-corrected chi connectivity index (χ2v) is 5.34. The predicted molar refractivity (Wildman–Crippen MR) is 69.4 cm³/mol. The highest BCUT2D eigenvalue weighted by Crippen LogP contribution is 2.18. The molecule has 2 amide bonds. The van der Waals surface area contributed by atoms with Gasteiger partial charge in [-0.1, -0.05) is 0 Å². The number of carboxylic acids is 1. The van der Waals surface area contributed by atoms with Crippen LogP contribution in [0, 0.1) is 0 Å². The lowest BCUT2D eigenvalue weighted by molar-refractivity contribution is -0.141. The number of nitrogens with zero attached hydrogens (tertiary/aromatic N) is 2. The third-order valence-corrected chi connectivity index (χ3v) is 3.65. The lowest BCUT2D eigenvalue weighted by atomic mass is 10.2. The van der Waals surface area contributed by atoms with E-state index in [9.17, 15) is 14.7 Å². The van der Waals surface area contributed by atoms with Gasteiger partial charge in [0.25, 0.3) is 0 Å². The summed E-state index contributed by atoms with van der Waals surface area (Å²) in [4.78, 5) is 26.3. The molecule has 1 unspecified atom stereocenters. The lowest BCUT2D eigenvalue weighted by Gasteiger charge is -2.31. The number of carbonyl (C=O) groups is 2. The third-order valence-electron chi connectivity index (χ3n) is 3.65. The molecule has 0 saturated carbocycles. The molecule has 0 radical (unpaired) electrons. The smallest absolute Gasteiger partial charge is 0.326 e. The van der Waals surface area contributed by atoms with Crippen molar-refractivity contribution in [1.82, 2.24) is 15.1 Å². The molecule has 114 valence electrons. The van der Waals surface area contributed by atoms with Crippen LogP contribution in [0.4, 0.5) is 4.79 Å². The molecule has 8 nitrogen and oxygen atoms in total. The van der Waals surface area contributed by atoms with Gasteiger partial charge in [0, 0.05) is 32.6 Å². The Balaban J connectivity index is 1.83. The summed E-state index contributed by atoms with van der Waals surface area (Å²) in [5.74, 6) is -1.09. The number of urea groups is 1. The molecule has 0 aromatic carbocycles. The first-order chi connectivity index (χ1) is 9.47. The predicted octanol–water partition coefficient (Wildman–Crippen LogP) is -1.45. The van der Waals surface area contributed by atoms with Crippen LogP contribution in [0.15, 0.2) is 0 Å². The number of hydrogen-bond acceptors (Lipinski definition) is 5. The van der Waals surface area contributed by atoms with Gasteiger partial charge in [-0.3, -0.25) is 0 Å². The van der Waals surface area contributed by atoms with Crippen LogP contribution in [0.2, 0.25) is 0 Å². The van der Waals surface area contributed by atoms with E-state index in [-0.39, 0.29) is 19.1 Å². The molecule has 0 bridgehead atoms. The number of morpholine rings is 1. The van der Waals surface area contributed by atoms with Crippen molar-refractivity contribution < 1.29 is 24.5 Å². The number of aliphatic carboxylic acids is 1. The van der Waals surface area contributed by atoms with Crippen LogP contribution in [0.5, 0.6) is 0 Å². The first-order valence-electron chi connectivity index (χ1n) is 6.73. The fourth-order valence-electron chi connectivity index (χ4n) is 2.57. The molecule has 2 aliphatic heterocycles. The monoisotopic (exact) mass is 287 g/mol.